The van der Waals surface area contributed by atoms with Crippen LogP contribution in [-0.4, -0.2) is 47.2 Å². The van der Waals surface area contributed by atoms with Crippen LogP contribution in [0.5, 0.6) is 5.75 Å². The number of aromatic nitrogens is 1. The summed E-state index contributed by atoms with van der Waals surface area (Å²) in [5, 5.41) is 10.0. The number of ether oxygens (including phenoxy) is 1. The molecule has 1 fully saturated rings. The van der Waals surface area contributed by atoms with Gasteiger partial charge in [-0.2, -0.15) is 0 Å². The van der Waals surface area contributed by atoms with Gasteiger partial charge in [-0.15, -0.1) is 0 Å². The molecule has 2 atom stereocenters. The second kappa shape index (κ2) is 8.75. The van der Waals surface area contributed by atoms with Gasteiger partial charge in [-0.3, -0.25) is 9.78 Å². The highest BCUT2D eigenvalue weighted by atomic mass is 16.5. The van der Waals surface area contributed by atoms with Crippen LogP contribution >= 0.6 is 0 Å². The van der Waals surface area contributed by atoms with Crippen molar-refractivity contribution in [2.75, 3.05) is 20.3 Å². The minimum atomic E-state index is -0.363. The summed E-state index contributed by atoms with van der Waals surface area (Å²) >= 11 is 0. The van der Waals surface area contributed by atoms with E-state index in [1.165, 1.54) is 0 Å². The standard InChI is InChI=1S/C19H24N4O3/c1-26-11-10-23(13-14-6-8-20-9-7-14)19(25)17-12-16(21-22-17)15-4-2-3-5-18(15)24/h2-9,16-17,21-22,24H,10-13H2,1H3. The van der Waals surface area contributed by atoms with Crippen molar-refractivity contribution in [1.29, 1.82) is 0 Å². The third kappa shape index (κ3) is 4.37. The lowest BCUT2D eigenvalue weighted by atomic mass is 10.0. The maximum Gasteiger partial charge on any atom is 0.241 e. The molecule has 2 unspecified atom stereocenters. The fraction of sp³-hybridized carbons (Fsp3) is 0.368. The van der Waals surface area contributed by atoms with Gasteiger partial charge in [0.15, 0.2) is 0 Å². The highest BCUT2D eigenvalue weighted by Gasteiger charge is 2.33. The highest BCUT2D eigenvalue weighted by molar-refractivity contribution is 5.82. The average Bonchev–Trinajstić information content (AvgIpc) is 3.15. The van der Waals surface area contributed by atoms with E-state index in [1.54, 1.807) is 36.5 Å². The minimum Gasteiger partial charge on any atom is -0.508 e. The molecule has 7 heteroatoms. The molecule has 0 radical (unpaired) electrons. The Morgan fingerprint density at radius 3 is 2.77 bits per heavy atom. The monoisotopic (exact) mass is 356 g/mol. The quantitative estimate of drug-likeness (QED) is 0.695. The summed E-state index contributed by atoms with van der Waals surface area (Å²) < 4.78 is 5.15. The second-order valence-corrected chi connectivity index (χ2v) is 6.30. The molecule has 3 N–H and O–H groups in total. The topological polar surface area (TPSA) is 86.7 Å². The first-order valence-corrected chi connectivity index (χ1v) is 8.64. The van der Waals surface area contributed by atoms with Crippen molar-refractivity contribution >= 4 is 5.91 Å². The fourth-order valence-electron chi connectivity index (χ4n) is 3.10. The average molecular weight is 356 g/mol. The number of rotatable bonds is 7. The number of methoxy groups -OCH3 is 1. The zero-order valence-corrected chi connectivity index (χ0v) is 14.8. The van der Waals surface area contributed by atoms with Gasteiger partial charge in [0, 0.05) is 38.2 Å². The van der Waals surface area contributed by atoms with Crippen LogP contribution in [0.15, 0.2) is 48.8 Å². The van der Waals surface area contributed by atoms with E-state index in [4.69, 9.17) is 4.74 Å². The van der Waals surface area contributed by atoms with Gasteiger partial charge in [0.05, 0.1) is 12.6 Å². The van der Waals surface area contributed by atoms with E-state index in [9.17, 15) is 9.90 Å². The molecule has 1 aromatic carbocycles. The maximum atomic E-state index is 13.0. The molecule has 2 heterocycles. The number of hydrogen-bond donors (Lipinski definition) is 3. The first-order chi connectivity index (χ1) is 12.7. The predicted molar refractivity (Wildman–Crippen MR) is 97.1 cm³/mol. The minimum absolute atomic E-state index is 0.00397. The number of hydrazine groups is 1. The summed E-state index contributed by atoms with van der Waals surface area (Å²) in [7, 11) is 1.62. The number of phenolic OH excluding ortho intramolecular Hbond substituents is 1. The van der Waals surface area contributed by atoms with Gasteiger partial charge < -0.3 is 14.7 Å². The number of aromatic hydroxyl groups is 1. The number of nitrogens with zero attached hydrogens (tertiary/aromatic N) is 2. The van der Waals surface area contributed by atoms with Gasteiger partial charge in [-0.05, 0) is 30.2 Å². The highest BCUT2D eigenvalue weighted by Crippen LogP contribution is 2.29. The van der Waals surface area contributed by atoms with E-state index in [2.05, 4.69) is 15.8 Å². The zero-order chi connectivity index (χ0) is 18.4. The van der Waals surface area contributed by atoms with Gasteiger partial charge in [-0.1, -0.05) is 18.2 Å². The molecule has 1 aliphatic rings. The lowest BCUT2D eigenvalue weighted by Gasteiger charge is -2.25. The summed E-state index contributed by atoms with van der Waals surface area (Å²) in [6.45, 7) is 1.49. The second-order valence-electron chi connectivity index (χ2n) is 6.30. The van der Waals surface area contributed by atoms with Crippen molar-refractivity contribution in [2.24, 2.45) is 0 Å². The maximum absolute atomic E-state index is 13.0. The van der Waals surface area contributed by atoms with Crippen molar-refractivity contribution in [3.63, 3.8) is 0 Å². The van der Waals surface area contributed by atoms with Crippen LogP contribution in [0.1, 0.15) is 23.6 Å². The molecular formula is C19H24N4O3. The Morgan fingerprint density at radius 1 is 1.27 bits per heavy atom. The molecule has 3 rings (SSSR count). The molecule has 0 spiro atoms. The van der Waals surface area contributed by atoms with Crippen LogP contribution in [0.4, 0.5) is 0 Å². The van der Waals surface area contributed by atoms with E-state index in [0.717, 1.165) is 11.1 Å². The van der Waals surface area contributed by atoms with Crippen molar-refractivity contribution in [3.05, 3.63) is 59.9 Å². The predicted octanol–water partition coefficient (Wildman–Crippen LogP) is 1.37. The molecule has 0 saturated carbocycles. The van der Waals surface area contributed by atoms with Gasteiger partial charge in [0.1, 0.15) is 11.8 Å². The number of hydrogen-bond acceptors (Lipinski definition) is 6. The van der Waals surface area contributed by atoms with Gasteiger partial charge in [-0.25, -0.2) is 10.9 Å². The van der Waals surface area contributed by atoms with E-state index in [1.807, 2.05) is 24.3 Å². The van der Waals surface area contributed by atoms with Crippen LogP contribution in [0.3, 0.4) is 0 Å². The Labute approximate surface area is 153 Å². The third-order valence-corrected chi connectivity index (χ3v) is 4.51. The Balaban J connectivity index is 1.68. The van der Waals surface area contributed by atoms with E-state index in [-0.39, 0.29) is 23.7 Å². The molecule has 1 saturated heterocycles. The van der Waals surface area contributed by atoms with Crippen LogP contribution in [0.2, 0.25) is 0 Å². The smallest absolute Gasteiger partial charge is 0.241 e. The van der Waals surface area contributed by atoms with E-state index >= 15 is 0 Å². The Morgan fingerprint density at radius 2 is 2.04 bits per heavy atom. The van der Waals surface area contributed by atoms with Gasteiger partial charge in [0.2, 0.25) is 5.91 Å². The molecule has 1 amide bonds. The number of amides is 1. The van der Waals surface area contributed by atoms with Crippen molar-refractivity contribution < 1.29 is 14.6 Å². The molecule has 2 aromatic rings. The van der Waals surface area contributed by atoms with Gasteiger partial charge >= 0.3 is 0 Å². The van der Waals surface area contributed by atoms with E-state index in [0.29, 0.717) is 26.1 Å². The number of benzene rings is 1. The van der Waals surface area contributed by atoms with Crippen LogP contribution in [0, 0.1) is 0 Å². The Hall–Kier alpha value is -2.48. The number of carbonyl (C=O) groups is 1. The van der Waals surface area contributed by atoms with Crippen molar-refractivity contribution in [2.45, 2.75) is 25.0 Å². The Kier molecular flexibility index (Phi) is 6.17. The molecule has 7 nitrogen and oxygen atoms in total. The number of nitrogens with one attached hydrogen (secondary N) is 2. The fourth-order valence-corrected chi connectivity index (χ4v) is 3.10. The van der Waals surface area contributed by atoms with E-state index < -0.39 is 0 Å². The largest absolute Gasteiger partial charge is 0.508 e. The zero-order valence-electron chi connectivity index (χ0n) is 14.8. The van der Waals surface area contributed by atoms with Crippen molar-refractivity contribution in [1.82, 2.24) is 20.7 Å². The summed E-state index contributed by atoms with van der Waals surface area (Å²) in [6.07, 6.45) is 4.01. The number of phenols is 1. The summed E-state index contributed by atoms with van der Waals surface area (Å²) in [5.41, 5.74) is 8.00. The Bertz CT molecular complexity index is 726. The molecule has 1 aromatic heterocycles. The molecular weight excluding hydrogens is 332 g/mol. The molecule has 138 valence electrons. The molecule has 26 heavy (non-hydrogen) atoms. The summed E-state index contributed by atoms with van der Waals surface area (Å²) in [6, 6.07) is 10.5. The molecule has 0 aliphatic carbocycles. The summed E-state index contributed by atoms with van der Waals surface area (Å²) in [4.78, 5) is 18.8. The molecule has 0 bridgehead atoms. The lowest BCUT2D eigenvalue weighted by Crippen LogP contribution is -2.46. The first-order valence-electron chi connectivity index (χ1n) is 8.64. The number of pyridine rings is 1. The van der Waals surface area contributed by atoms with Crippen LogP contribution < -0.4 is 10.9 Å². The number of para-hydroxylation sites is 1. The first kappa shape index (κ1) is 18.3. The third-order valence-electron chi connectivity index (χ3n) is 4.51. The molecule has 1 aliphatic heterocycles. The van der Waals surface area contributed by atoms with Crippen LogP contribution in [-0.2, 0) is 16.1 Å². The normalized spacial score (nSPS) is 19.4. The van der Waals surface area contributed by atoms with Crippen molar-refractivity contribution in [3.8, 4) is 5.75 Å². The summed E-state index contributed by atoms with van der Waals surface area (Å²) in [5.74, 6) is 0.234. The van der Waals surface area contributed by atoms with Gasteiger partial charge in [0.25, 0.3) is 0 Å². The lowest BCUT2D eigenvalue weighted by molar-refractivity contribution is -0.134. The SMILES string of the molecule is COCCN(Cc1ccncc1)C(=O)C1CC(c2ccccc2O)NN1. The number of carbonyl (C=O) groups excluding carboxylic acids is 1. The van der Waals surface area contributed by atoms with Crippen LogP contribution in [0.25, 0.3) is 0 Å².